The molecule has 1 aromatic rings. The molecule has 0 saturated heterocycles. The first kappa shape index (κ1) is 11.6. The van der Waals surface area contributed by atoms with Gasteiger partial charge in [0.2, 0.25) is 5.82 Å². The Hall–Kier alpha value is -1.92. The molecular formula is C10H14N4O3. The van der Waals surface area contributed by atoms with Crippen molar-refractivity contribution < 1.29 is 9.66 Å². The number of nitrogens with one attached hydrogen (secondary N) is 1. The lowest BCUT2D eigenvalue weighted by atomic mass is 10.4. The minimum atomic E-state index is -0.504. The lowest BCUT2D eigenvalue weighted by Crippen LogP contribution is -2.09. The number of hydrogen-bond acceptors (Lipinski definition) is 6. The van der Waals surface area contributed by atoms with Gasteiger partial charge in [0.05, 0.1) is 11.5 Å². The van der Waals surface area contributed by atoms with Crippen molar-refractivity contribution in [3.8, 4) is 5.88 Å². The summed E-state index contributed by atoms with van der Waals surface area (Å²) in [5.41, 5.74) is -0.173. The monoisotopic (exact) mass is 238 g/mol. The van der Waals surface area contributed by atoms with Crippen LogP contribution in [0.25, 0.3) is 0 Å². The molecule has 1 aliphatic carbocycles. The molecule has 0 aliphatic heterocycles. The molecule has 7 heteroatoms. The molecule has 0 amide bonds. The molecule has 1 heterocycles. The van der Waals surface area contributed by atoms with Crippen molar-refractivity contribution in [2.24, 2.45) is 0 Å². The first-order valence-corrected chi connectivity index (χ1v) is 5.61. The van der Waals surface area contributed by atoms with Gasteiger partial charge in [-0.1, -0.05) is 6.92 Å². The Labute approximate surface area is 98.4 Å². The summed E-state index contributed by atoms with van der Waals surface area (Å²) in [6.07, 6.45) is 4.09. The zero-order chi connectivity index (χ0) is 12.3. The molecule has 1 saturated carbocycles. The predicted molar refractivity (Wildman–Crippen MR) is 61.1 cm³/mol. The van der Waals surface area contributed by atoms with Crippen LogP contribution in [0.15, 0.2) is 6.33 Å². The number of ether oxygens (including phenoxy) is 1. The molecule has 0 spiro atoms. The molecule has 0 aromatic carbocycles. The average molecular weight is 238 g/mol. The maximum atomic E-state index is 11.0. The smallest absolute Gasteiger partial charge is 0.372 e. The van der Waals surface area contributed by atoms with E-state index >= 15 is 0 Å². The van der Waals surface area contributed by atoms with Crippen LogP contribution in [-0.4, -0.2) is 27.5 Å². The molecular weight excluding hydrogens is 224 g/mol. The van der Waals surface area contributed by atoms with E-state index in [1.54, 1.807) is 0 Å². The molecule has 17 heavy (non-hydrogen) atoms. The fourth-order valence-electron chi connectivity index (χ4n) is 1.36. The van der Waals surface area contributed by atoms with E-state index in [2.05, 4.69) is 15.3 Å². The number of aromatic nitrogens is 2. The lowest BCUT2D eigenvalue weighted by molar-refractivity contribution is -0.385. The van der Waals surface area contributed by atoms with Gasteiger partial charge in [-0.15, -0.1) is 0 Å². The standard InChI is InChI=1S/C10H14N4O3/c1-2-5-17-10-8(14(15)16)9(11-6-12-10)13-7-3-4-7/h6-7H,2-5H2,1H3,(H,11,12,13). The Morgan fingerprint density at radius 1 is 1.59 bits per heavy atom. The van der Waals surface area contributed by atoms with Gasteiger partial charge in [-0.25, -0.2) is 4.98 Å². The van der Waals surface area contributed by atoms with Crippen LogP contribution >= 0.6 is 0 Å². The molecule has 0 radical (unpaired) electrons. The Bertz CT molecular complexity index is 420. The summed E-state index contributed by atoms with van der Waals surface area (Å²) in [7, 11) is 0. The van der Waals surface area contributed by atoms with Crippen molar-refractivity contribution in [1.82, 2.24) is 9.97 Å². The van der Waals surface area contributed by atoms with Gasteiger partial charge in [0.15, 0.2) is 0 Å². The van der Waals surface area contributed by atoms with Crippen LogP contribution in [0.1, 0.15) is 26.2 Å². The highest BCUT2D eigenvalue weighted by atomic mass is 16.6. The summed E-state index contributed by atoms with van der Waals surface area (Å²) >= 11 is 0. The third kappa shape index (κ3) is 2.80. The minimum absolute atomic E-state index is 0.0370. The van der Waals surface area contributed by atoms with Crippen molar-refractivity contribution in [3.63, 3.8) is 0 Å². The quantitative estimate of drug-likeness (QED) is 0.599. The maximum Gasteiger partial charge on any atom is 0.372 e. The summed E-state index contributed by atoms with van der Waals surface area (Å²) in [5.74, 6) is 0.286. The van der Waals surface area contributed by atoms with Crippen molar-refractivity contribution in [2.45, 2.75) is 32.2 Å². The third-order valence-electron chi connectivity index (χ3n) is 2.33. The molecule has 0 bridgehead atoms. The maximum absolute atomic E-state index is 11.0. The van der Waals surface area contributed by atoms with Crippen molar-refractivity contribution >= 4 is 11.5 Å². The molecule has 2 rings (SSSR count). The van der Waals surface area contributed by atoms with E-state index in [4.69, 9.17) is 4.74 Å². The second-order valence-electron chi connectivity index (χ2n) is 3.90. The van der Waals surface area contributed by atoms with Gasteiger partial charge in [-0.2, -0.15) is 4.98 Å². The summed E-state index contributed by atoms with van der Waals surface area (Å²) in [5, 5.41) is 14.0. The van der Waals surface area contributed by atoms with Gasteiger partial charge in [0.1, 0.15) is 6.33 Å². The van der Waals surface area contributed by atoms with Crippen LogP contribution in [-0.2, 0) is 0 Å². The van der Waals surface area contributed by atoms with E-state index in [-0.39, 0.29) is 17.4 Å². The zero-order valence-electron chi connectivity index (χ0n) is 9.55. The molecule has 1 aliphatic rings. The van der Waals surface area contributed by atoms with E-state index in [1.165, 1.54) is 6.33 Å². The first-order chi connectivity index (χ1) is 8.22. The highest BCUT2D eigenvalue weighted by molar-refractivity contribution is 5.61. The van der Waals surface area contributed by atoms with Gasteiger partial charge in [0.25, 0.3) is 5.88 Å². The topological polar surface area (TPSA) is 90.2 Å². The fraction of sp³-hybridized carbons (Fsp3) is 0.600. The van der Waals surface area contributed by atoms with Gasteiger partial charge < -0.3 is 10.1 Å². The second-order valence-corrected chi connectivity index (χ2v) is 3.90. The van der Waals surface area contributed by atoms with Crippen LogP contribution in [0.3, 0.4) is 0 Å². The van der Waals surface area contributed by atoms with Crippen LogP contribution in [0, 0.1) is 10.1 Å². The number of hydrogen-bond donors (Lipinski definition) is 1. The Balaban J connectivity index is 2.26. The lowest BCUT2D eigenvalue weighted by Gasteiger charge is -2.07. The highest BCUT2D eigenvalue weighted by Gasteiger charge is 2.29. The van der Waals surface area contributed by atoms with Gasteiger partial charge in [-0.3, -0.25) is 10.1 Å². The number of rotatable bonds is 6. The molecule has 92 valence electrons. The number of anilines is 1. The largest absolute Gasteiger partial charge is 0.473 e. The van der Waals surface area contributed by atoms with Crippen LogP contribution in [0.4, 0.5) is 11.5 Å². The number of nitro groups is 1. The molecule has 0 atom stereocenters. The Kier molecular flexibility index (Phi) is 3.36. The molecule has 1 fully saturated rings. The average Bonchev–Trinajstić information content (AvgIpc) is 3.10. The van der Waals surface area contributed by atoms with Crippen LogP contribution < -0.4 is 10.1 Å². The number of nitrogens with zero attached hydrogens (tertiary/aromatic N) is 3. The second kappa shape index (κ2) is 4.94. The van der Waals surface area contributed by atoms with Crippen LogP contribution in [0.2, 0.25) is 0 Å². The van der Waals surface area contributed by atoms with Gasteiger partial charge in [-0.05, 0) is 19.3 Å². The summed E-state index contributed by atoms with van der Waals surface area (Å²) in [6.45, 7) is 2.33. The molecule has 1 N–H and O–H groups in total. The normalized spacial score (nSPS) is 14.4. The van der Waals surface area contributed by atoms with E-state index in [9.17, 15) is 10.1 Å². The van der Waals surface area contributed by atoms with Crippen molar-refractivity contribution in [2.75, 3.05) is 11.9 Å². The summed E-state index contributed by atoms with van der Waals surface area (Å²) in [4.78, 5) is 18.2. The summed E-state index contributed by atoms with van der Waals surface area (Å²) < 4.78 is 5.26. The van der Waals surface area contributed by atoms with E-state index in [0.717, 1.165) is 19.3 Å². The zero-order valence-corrected chi connectivity index (χ0v) is 9.55. The predicted octanol–water partition coefficient (Wildman–Crippen LogP) is 1.75. The highest BCUT2D eigenvalue weighted by Crippen LogP contribution is 2.34. The van der Waals surface area contributed by atoms with E-state index < -0.39 is 4.92 Å². The van der Waals surface area contributed by atoms with Crippen molar-refractivity contribution in [3.05, 3.63) is 16.4 Å². The Morgan fingerprint density at radius 3 is 2.94 bits per heavy atom. The van der Waals surface area contributed by atoms with Crippen LogP contribution in [0.5, 0.6) is 5.88 Å². The van der Waals surface area contributed by atoms with Gasteiger partial charge >= 0.3 is 5.69 Å². The van der Waals surface area contributed by atoms with E-state index in [1.807, 2.05) is 6.92 Å². The molecule has 1 aromatic heterocycles. The summed E-state index contributed by atoms with van der Waals surface area (Å²) in [6, 6.07) is 0.294. The third-order valence-corrected chi connectivity index (χ3v) is 2.33. The molecule has 0 unspecified atom stereocenters. The van der Waals surface area contributed by atoms with Gasteiger partial charge in [0, 0.05) is 6.04 Å². The fourth-order valence-corrected chi connectivity index (χ4v) is 1.36. The SMILES string of the molecule is CCCOc1ncnc(NC2CC2)c1[N+](=O)[O-]. The first-order valence-electron chi connectivity index (χ1n) is 5.61. The van der Waals surface area contributed by atoms with Crippen molar-refractivity contribution in [1.29, 1.82) is 0 Å². The minimum Gasteiger partial charge on any atom is -0.473 e. The Morgan fingerprint density at radius 2 is 2.35 bits per heavy atom. The molecule has 7 nitrogen and oxygen atoms in total. The van der Waals surface area contributed by atoms with E-state index in [0.29, 0.717) is 12.6 Å².